The van der Waals surface area contributed by atoms with Crippen LogP contribution in [0.25, 0.3) is 0 Å². The van der Waals surface area contributed by atoms with Crippen molar-refractivity contribution in [1.82, 2.24) is 0 Å². The first-order chi connectivity index (χ1) is 4.93. The fourth-order valence-corrected chi connectivity index (χ4v) is 3.41. The van der Waals surface area contributed by atoms with Gasteiger partial charge in [0.1, 0.15) is 0 Å². The van der Waals surface area contributed by atoms with Crippen molar-refractivity contribution >= 4 is 29.6 Å². The van der Waals surface area contributed by atoms with Gasteiger partial charge in [-0.1, -0.05) is 0 Å². The molecule has 1 rings (SSSR count). The summed E-state index contributed by atoms with van der Waals surface area (Å²) in [6, 6.07) is 0. The number of carbonyl (C=O) groups excluding carboxylic acids is 1. The Balaban J connectivity index is 2.19. The lowest BCUT2D eigenvalue weighted by molar-refractivity contribution is 0.563. The molecule has 1 aliphatic rings. The average Bonchev–Trinajstić information content (AvgIpc) is 2.03. The molecular formula is C6H9NOS2. The molecule has 0 unspecified atom stereocenters. The van der Waals surface area contributed by atoms with E-state index in [9.17, 15) is 4.79 Å². The van der Waals surface area contributed by atoms with E-state index in [1.165, 1.54) is 17.9 Å². The molecule has 0 spiro atoms. The van der Waals surface area contributed by atoms with Crippen LogP contribution >= 0.6 is 23.5 Å². The lowest BCUT2D eigenvalue weighted by Gasteiger charge is -2.17. The van der Waals surface area contributed by atoms with E-state index in [4.69, 9.17) is 0 Å². The third-order valence-corrected chi connectivity index (χ3v) is 4.11. The Morgan fingerprint density at radius 1 is 1.50 bits per heavy atom. The summed E-state index contributed by atoms with van der Waals surface area (Å²) in [6.07, 6.45) is 2.85. The normalized spacial score (nSPS) is 20.0. The van der Waals surface area contributed by atoms with Gasteiger partial charge in [0.05, 0.1) is 11.1 Å². The van der Waals surface area contributed by atoms with E-state index in [1.54, 1.807) is 6.08 Å². The monoisotopic (exact) mass is 175 g/mol. The molecule has 0 N–H and O–H groups in total. The molecule has 0 aromatic heterocycles. The van der Waals surface area contributed by atoms with Crippen LogP contribution in [0.5, 0.6) is 0 Å². The number of rotatable bonds is 2. The first-order valence-electron chi connectivity index (χ1n) is 3.20. The SMILES string of the molecule is O=C=NCC1SCCCS1. The van der Waals surface area contributed by atoms with Crippen molar-refractivity contribution in [2.45, 2.75) is 11.0 Å². The summed E-state index contributed by atoms with van der Waals surface area (Å²) in [6.45, 7) is 0.638. The topological polar surface area (TPSA) is 29.4 Å². The fourth-order valence-electron chi connectivity index (χ4n) is 0.754. The molecule has 0 atom stereocenters. The van der Waals surface area contributed by atoms with Crippen LogP contribution in [0.15, 0.2) is 4.99 Å². The largest absolute Gasteiger partial charge is 0.235 e. The van der Waals surface area contributed by atoms with E-state index < -0.39 is 0 Å². The first-order valence-corrected chi connectivity index (χ1v) is 5.30. The summed E-state index contributed by atoms with van der Waals surface area (Å²) in [5.74, 6) is 2.43. The lowest BCUT2D eigenvalue weighted by Crippen LogP contribution is -2.09. The van der Waals surface area contributed by atoms with Crippen LogP contribution in [0.2, 0.25) is 0 Å². The first kappa shape index (κ1) is 8.18. The number of thioether (sulfide) groups is 2. The zero-order valence-corrected chi connectivity index (χ0v) is 7.21. The Morgan fingerprint density at radius 3 is 2.80 bits per heavy atom. The number of hydrogen-bond donors (Lipinski definition) is 0. The van der Waals surface area contributed by atoms with Gasteiger partial charge in [0.25, 0.3) is 0 Å². The molecule has 0 aliphatic carbocycles. The summed E-state index contributed by atoms with van der Waals surface area (Å²) in [7, 11) is 0. The second-order valence-corrected chi connectivity index (χ2v) is 4.88. The third kappa shape index (κ3) is 2.78. The summed E-state index contributed by atoms with van der Waals surface area (Å²) in [5, 5.41) is 0. The van der Waals surface area contributed by atoms with Gasteiger partial charge in [0.15, 0.2) is 0 Å². The maximum atomic E-state index is 9.74. The molecule has 0 bridgehead atoms. The van der Waals surface area contributed by atoms with Gasteiger partial charge in [-0.3, -0.25) is 0 Å². The Kier molecular flexibility index (Phi) is 3.95. The van der Waals surface area contributed by atoms with Crippen molar-refractivity contribution in [3.8, 4) is 0 Å². The van der Waals surface area contributed by atoms with E-state index >= 15 is 0 Å². The van der Waals surface area contributed by atoms with Gasteiger partial charge >= 0.3 is 0 Å². The highest BCUT2D eigenvalue weighted by atomic mass is 32.2. The smallest absolute Gasteiger partial charge is 0.211 e. The van der Waals surface area contributed by atoms with Crippen LogP contribution < -0.4 is 0 Å². The van der Waals surface area contributed by atoms with Crippen molar-refractivity contribution in [3.05, 3.63) is 0 Å². The highest BCUT2D eigenvalue weighted by molar-refractivity contribution is 8.17. The van der Waals surface area contributed by atoms with Gasteiger partial charge in [0, 0.05) is 0 Å². The minimum absolute atomic E-state index is 0.509. The Morgan fingerprint density at radius 2 is 2.20 bits per heavy atom. The van der Waals surface area contributed by atoms with Gasteiger partial charge in [-0.15, -0.1) is 23.5 Å². The number of nitrogens with zero attached hydrogens (tertiary/aromatic N) is 1. The van der Waals surface area contributed by atoms with Gasteiger partial charge in [-0.25, -0.2) is 9.79 Å². The number of aliphatic imine (C=N–C) groups is 1. The molecule has 56 valence electrons. The number of isocyanates is 1. The molecule has 10 heavy (non-hydrogen) atoms. The summed E-state index contributed by atoms with van der Waals surface area (Å²) < 4.78 is 0.509. The molecular weight excluding hydrogens is 166 g/mol. The zero-order chi connectivity index (χ0) is 7.23. The summed E-state index contributed by atoms with van der Waals surface area (Å²) >= 11 is 3.79. The molecule has 1 heterocycles. The molecule has 2 nitrogen and oxygen atoms in total. The summed E-state index contributed by atoms with van der Waals surface area (Å²) in [4.78, 5) is 13.3. The van der Waals surface area contributed by atoms with E-state index in [2.05, 4.69) is 4.99 Å². The van der Waals surface area contributed by atoms with Crippen LogP contribution in [0.3, 0.4) is 0 Å². The molecule has 4 heteroatoms. The highest BCUT2D eigenvalue weighted by Gasteiger charge is 2.12. The molecule has 0 radical (unpaired) electrons. The van der Waals surface area contributed by atoms with Gasteiger partial charge in [0.2, 0.25) is 6.08 Å². The standard InChI is InChI=1S/C6H9NOS2/c8-5-7-4-6-9-2-1-3-10-6/h6H,1-4H2. The van der Waals surface area contributed by atoms with Crippen molar-refractivity contribution in [3.63, 3.8) is 0 Å². The average molecular weight is 175 g/mol. The third-order valence-electron chi connectivity index (χ3n) is 1.20. The Hall–Kier alpha value is 0.0800. The quantitative estimate of drug-likeness (QED) is 0.471. The van der Waals surface area contributed by atoms with Crippen LogP contribution in [0.1, 0.15) is 6.42 Å². The second kappa shape index (κ2) is 4.83. The maximum Gasteiger partial charge on any atom is 0.235 e. The molecule has 0 aromatic carbocycles. The predicted octanol–water partition coefficient (Wildman–Crippen LogP) is 1.52. The van der Waals surface area contributed by atoms with Crippen molar-refractivity contribution in [1.29, 1.82) is 0 Å². The predicted molar refractivity (Wildman–Crippen MR) is 46.3 cm³/mol. The molecule has 1 aliphatic heterocycles. The molecule has 0 saturated carbocycles. The van der Waals surface area contributed by atoms with E-state index in [0.29, 0.717) is 11.1 Å². The molecule has 1 fully saturated rings. The lowest BCUT2D eigenvalue weighted by atomic mass is 10.6. The van der Waals surface area contributed by atoms with E-state index in [-0.39, 0.29) is 0 Å². The fraction of sp³-hybridized carbons (Fsp3) is 0.833. The summed E-state index contributed by atoms with van der Waals surface area (Å²) in [5.41, 5.74) is 0. The van der Waals surface area contributed by atoms with E-state index in [0.717, 1.165) is 0 Å². The van der Waals surface area contributed by atoms with Gasteiger partial charge in [-0.2, -0.15) is 0 Å². The molecule has 1 saturated heterocycles. The Bertz CT molecular complexity index is 139. The van der Waals surface area contributed by atoms with Gasteiger partial charge < -0.3 is 0 Å². The van der Waals surface area contributed by atoms with Crippen LogP contribution in [0, 0.1) is 0 Å². The minimum atomic E-state index is 0.509. The van der Waals surface area contributed by atoms with E-state index in [1.807, 2.05) is 23.5 Å². The second-order valence-electron chi connectivity index (χ2n) is 1.96. The molecule has 0 amide bonds. The van der Waals surface area contributed by atoms with Crippen LogP contribution in [0.4, 0.5) is 0 Å². The highest BCUT2D eigenvalue weighted by Crippen LogP contribution is 2.30. The Labute approximate surface area is 68.9 Å². The molecule has 0 aromatic rings. The van der Waals surface area contributed by atoms with Crippen molar-refractivity contribution in [2.24, 2.45) is 4.99 Å². The maximum absolute atomic E-state index is 9.74. The number of hydrogen-bond acceptors (Lipinski definition) is 4. The van der Waals surface area contributed by atoms with Crippen molar-refractivity contribution in [2.75, 3.05) is 18.1 Å². The zero-order valence-electron chi connectivity index (χ0n) is 5.58. The van der Waals surface area contributed by atoms with Crippen LogP contribution in [-0.4, -0.2) is 28.7 Å². The van der Waals surface area contributed by atoms with Crippen molar-refractivity contribution < 1.29 is 4.79 Å². The minimum Gasteiger partial charge on any atom is -0.211 e. The van der Waals surface area contributed by atoms with Gasteiger partial charge in [-0.05, 0) is 17.9 Å². The van der Waals surface area contributed by atoms with Crippen LogP contribution in [-0.2, 0) is 4.79 Å².